The first-order chi connectivity index (χ1) is 7.22. The van der Waals surface area contributed by atoms with Crippen molar-refractivity contribution < 1.29 is 9.90 Å². The minimum atomic E-state index is -0.0724. The maximum atomic E-state index is 10.8. The number of anilines is 2. The van der Waals surface area contributed by atoms with Crippen LogP contribution in [-0.2, 0) is 4.79 Å². The van der Waals surface area contributed by atoms with Crippen LogP contribution >= 0.6 is 0 Å². The van der Waals surface area contributed by atoms with Crippen molar-refractivity contribution in [2.45, 2.75) is 18.9 Å². The van der Waals surface area contributed by atoms with E-state index in [4.69, 9.17) is 5.73 Å². The van der Waals surface area contributed by atoms with Crippen LogP contribution in [-0.4, -0.2) is 24.0 Å². The zero-order valence-corrected chi connectivity index (χ0v) is 8.39. The van der Waals surface area contributed by atoms with Gasteiger partial charge in [0.05, 0.1) is 17.4 Å². The average Bonchev–Trinajstić information content (AvgIpc) is 2.65. The summed E-state index contributed by atoms with van der Waals surface area (Å²) in [6.45, 7) is 0.846. The predicted molar refractivity (Wildman–Crippen MR) is 59.0 cm³/mol. The quantitative estimate of drug-likeness (QED) is 0.562. The van der Waals surface area contributed by atoms with E-state index in [9.17, 15) is 9.90 Å². The Hall–Kier alpha value is -1.71. The second-order valence-electron chi connectivity index (χ2n) is 3.78. The molecular formula is C11H14N2O2. The fraction of sp³-hybridized carbons (Fsp3) is 0.364. The van der Waals surface area contributed by atoms with Crippen molar-refractivity contribution >= 4 is 17.7 Å². The third-order valence-corrected chi connectivity index (χ3v) is 2.78. The number of carbonyl (C=O) groups is 1. The molecule has 1 aliphatic heterocycles. The molecule has 0 bridgehead atoms. The molecule has 1 aromatic rings. The van der Waals surface area contributed by atoms with E-state index in [-0.39, 0.29) is 11.8 Å². The summed E-state index contributed by atoms with van der Waals surface area (Å²) < 4.78 is 0. The first-order valence-electron chi connectivity index (χ1n) is 5.03. The Morgan fingerprint density at radius 1 is 1.53 bits per heavy atom. The molecule has 3 N–H and O–H groups in total. The lowest BCUT2D eigenvalue weighted by Crippen LogP contribution is -2.30. The van der Waals surface area contributed by atoms with Gasteiger partial charge in [-0.25, -0.2) is 0 Å². The van der Waals surface area contributed by atoms with Crippen molar-refractivity contribution in [3.05, 3.63) is 18.2 Å². The van der Waals surface area contributed by atoms with Crippen LogP contribution in [0.3, 0.4) is 0 Å². The fourth-order valence-electron chi connectivity index (χ4n) is 2.04. The molecular weight excluding hydrogens is 192 g/mol. The molecule has 1 aliphatic rings. The number of rotatable bonds is 2. The highest BCUT2D eigenvalue weighted by atomic mass is 16.3. The largest absolute Gasteiger partial charge is 0.508 e. The van der Waals surface area contributed by atoms with E-state index in [1.165, 1.54) is 6.07 Å². The molecule has 1 aromatic carbocycles. The van der Waals surface area contributed by atoms with Crippen LogP contribution in [0.25, 0.3) is 0 Å². The van der Waals surface area contributed by atoms with Crippen LogP contribution in [0, 0.1) is 0 Å². The number of hydrogen-bond acceptors (Lipinski definition) is 4. The zero-order valence-electron chi connectivity index (χ0n) is 8.39. The van der Waals surface area contributed by atoms with Crippen LogP contribution < -0.4 is 10.6 Å². The molecule has 4 heteroatoms. The Morgan fingerprint density at radius 2 is 2.33 bits per heavy atom. The summed E-state index contributed by atoms with van der Waals surface area (Å²) in [6, 6.07) is 4.78. The molecule has 15 heavy (non-hydrogen) atoms. The van der Waals surface area contributed by atoms with Gasteiger partial charge in [-0.2, -0.15) is 0 Å². The molecule has 0 aliphatic carbocycles. The van der Waals surface area contributed by atoms with Crippen LogP contribution in [0.15, 0.2) is 18.2 Å². The number of carbonyl (C=O) groups excluding carboxylic acids is 1. The van der Waals surface area contributed by atoms with Gasteiger partial charge >= 0.3 is 0 Å². The SMILES string of the molecule is Nc1cc(O)ccc1N1CCCC1C=O. The molecule has 0 radical (unpaired) electrons. The van der Waals surface area contributed by atoms with E-state index < -0.39 is 0 Å². The summed E-state index contributed by atoms with van der Waals surface area (Å²) in [5, 5.41) is 9.24. The van der Waals surface area contributed by atoms with E-state index in [0.717, 1.165) is 31.4 Å². The fourth-order valence-corrected chi connectivity index (χ4v) is 2.04. The second kappa shape index (κ2) is 3.81. The van der Waals surface area contributed by atoms with Crippen LogP contribution in [0.5, 0.6) is 5.75 Å². The molecule has 0 aromatic heterocycles. The molecule has 1 heterocycles. The molecule has 1 saturated heterocycles. The third kappa shape index (κ3) is 1.75. The number of benzene rings is 1. The van der Waals surface area contributed by atoms with Gasteiger partial charge in [0.25, 0.3) is 0 Å². The number of phenolic OH excluding ortho intramolecular Hbond substituents is 1. The van der Waals surface area contributed by atoms with Gasteiger partial charge in [0.1, 0.15) is 12.0 Å². The van der Waals surface area contributed by atoms with E-state index in [0.29, 0.717) is 5.69 Å². The summed E-state index contributed by atoms with van der Waals surface area (Å²) in [7, 11) is 0. The number of nitrogens with zero attached hydrogens (tertiary/aromatic N) is 1. The van der Waals surface area contributed by atoms with Gasteiger partial charge in [-0.05, 0) is 25.0 Å². The number of hydrogen-bond donors (Lipinski definition) is 2. The summed E-state index contributed by atoms with van der Waals surface area (Å²) in [4.78, 5) is 12.8. The van der Waals surface area contributed by atoms with Crippen molar-refractivity contribution in [1.29, 1.82) is 0 Å². The molecule has 0 saturated carbocycles. The van der Waals surface area contributed by atoms with Gasteiger partial charge in [0.2, 0.25) is 0 Å². The van der Waals surface area contributed by atoms with Crippen molar-refractivity contribution in [1.82, 2.24) is 0 Å². The van der Waals surface area contributed by atoms with E-state index in [2.05, 4.69) is 0 Å². The molecule has 4 nitrogen and oxygen atoms in total. The van der Waals surface area contributed by atoms with Gasteiger partial charge in [-0.3, -0.25) is 0 Å². The van der Waals surface area contributed by atoms with Gasteiger partial charge in [-0.15, -0.1) is 0 Å². The highest BCUT2D eigenvalue weighted by Gasteiger charge is 2.25. The van der Waals surface area contributed by atoms with E-state index in [1.54, 1.807) is 12.1 Å². The monoisotopic (exact) mass is 206 g/mol. The molecule has 2 rings (SSSR count). The van der Waals surface area contributed by atoms with Crippen molar-refractivity contribution in [2.24, 2.45) is 0 Å². The zero-order chi connectivity index (χ0) is 10.8. The summed E-state index contributed by atoms with van der Waals surface area (Å²) in [5.41, 5.74) is 7.15. The lowest BCUT2D eigenvalue weighted by molar-refractivity contribution is -0.108. The Balaban J connectivity index is 2.32. The average molecular weight is 206 g/mol. The highest BCUT2D eigenvalue weighted by molar-refractivity contribution is 5.75. The number of nitrogens with two attached hydrogens (primary N) is 1. The predicted octanol–water partition coefficient (Wildman–Crippen LogP) is 1.14. The standard InChI is InChI=1S/C11H14N2O2/c12-10-6-9(15)3-4-11(10)13-5-1-2-8(13)7-14/h3-4,6-8,15H,1-2,5,12H2. The number of aromatic hydroxyl groups is 1. The Bertz CT molecular complexity index is 379. The topological polar surface area (TPSA) is 66.6 Å². The van der Waals surface area contributed by atoms with Gasteiger partial charge in [-0.1, -0.05) is 0 Å². The Morgan fingerprint density at radius 3 is 3.00 bits per heavy atom. The molecule has 1 fully saturated rings. The second-order valence-corrected chi connectivity index (χ2v) is 3.78. The van der Waals surface area contributed by atoms with E-state index >= 15 is 0 Å². The Kier molecular flexibility index (Phi) is 2.49. The van der Waals surface area contributed by atoms with E-state index in [1.807, 2.05) is 4.90 Å². The van der Waals surface area contributed by atoms with Crippen LogP contribution in [0.4, 0.5) is 11.4 Å². The minimum absolute atomic E-state index is 0.0724. The van der Waals surface area contributed by atoms with Gasteiger partial charge in [0, 0.05) is 12.6 Å². The van der Waals surface area contributed by atoms with Crippen molar-refractivity contribution in [3.63, 3.8) is 0 Å². The normalized spacial score (nSPS) is 20.5. The van der Waals surface area contributed by atoms with Crippen LogP contribution in [0.2, 0.25) is 0 Å². The number of aldehydes is 1. The maximum absolute atomic E-state index is 10.8. The summed E-state index contributed by atoms with van der Waals surface area (Å²) >= 11 is 0. The van der Waals surface area contributed by atoms with Gasteiger partial charge < -0.3 is 20.5 Å². The number of nitrogen functional groups attached to an aromatic ring is 1. The maximum Gasteiger partial charge on any atom is 0.142 e. The van der Waals surface area contributed by atoms with Crippen molar-refractivity contribution in [2.75, 3.05) is 17.2 Å². The Labute approximate surface area is 88.3 Å². The van der Waals surface area contributed by atoms with Gasteiger partial charge in [0.15, 0.2) is 0 Å². The van der Waals surface area contributed by atoms with Crippen molar-refractivity contribution in [3.8, 4) is 5.75 Å². The summed E-state index contributed by atoms with van der Waals surface area (Å²) in [5.74, 6) is 0.151. The first kappa shape index (κ1) is 9.83. The lowest BCUT2D eigenvalue weighted by atomic mass is 10.2. The lowest BCUT2D eigenvalue weighted by Gasteiger charge is -2.24. The third-order valence-electron chi connectivity index (χ3n) is 2.78. The first-order valence-corrected chi connectivity index (χ1v) is 5.03. The number of phenols is 1. The summed E-state index contributed by atoms with van der Waals surface area (Å²) in [6.07, 6.45) is 2.84. The highest BCUT2D eigenvalue weighted by Crippen LogP contribution is 2.31. The smallest absolute Gasteiger partial charge is 0.142 e. The van der Waals surface area contributed by atoms with Crippen LogP contribution in [0.1, 0.15) is 12.8 Å². The molecule has 0 amide bonds. The molecule has 80 valence electrons. The molecule has 1 atom stereocenters. The molecule has 0 spiro atoms. The molecule has 1 unspecified atom stereocenters. The minimum Gasteiger partial charge on any atom is -0.508 e.